The molecule has 0 aliphatic heterocycles. The van der Waals surface area contributed by atoms with Crippen molar-refractivity contribution in [2.45, 2.75) is 40.9 Å². The molecule has 8 rings (SSSR count). The van der Waals surface area contributed by atoms with Crippen LogP contribution in [0.15, 0.2) is 120 Å². The van der Waals surface area contributed by atoms with E-state index in [2.05, 4.69) is 122 Å². The lowest BCUT2D eigenvalue weighted by molar-refractivity contribution is 0.601. The van der Waals surface area contributed by atoms with Crippen LogP contribution >= 0.6 is 0 Å². The largest absolute Gasteiger partial charge is 0.456 e. The number of aryl methyl sites for hydroxylation is 2. The maximum Gasteiger partial charge on any atom is 0.135 e. The van der Waals surface area contributed by atoms with Crippen molar-refractivity contribution in [1.82, 2.24) is 9.55 Å². The topological polar surface area (TPSA) is 33.9 Å². The van der Waals surface area contributed by atoms with Gasteiger partial charge in [0.05, 0.1) is 7.85 Å². The van der Waals surface area contributed by atoms with Crippen LogP contribution in [0, 0.1) is 6.92 Å². The fraction of sp³-hybridized carbons (Fsp3) is 0.171. The number of hydrogen-bond acceptors (Lipinski definition) is 1. The van der Waals surface area contributed by atoms with Crippen LogP contribution < -0.4 is 0 Å². The van der Waals surface area contributed by atoms with Crippen LogP contribution in [0.4, 0.5) is 0 Å². The highest BCUT2D eigenvalue weighted by Gasteiger charge is 2.10. The van der Waals surface area contributed by atoms with Crippen molar-refractivity contribution in [3.63, 3.8) is 0 Å². The van der Waals surface area contributed by atoms with Crippen molar-refractivity contribution in [1.29, 1.82) is 0 Å². The molecule has 0 bridgehead atoms. The molecule has 8 aromatic rings. The number of H-pyrrole nitrogens is 1. The zero-order valence-electron chi connectivity index (χ0n) is 27.2. The first-order chi connectivity index (χ1) is 22.1. The van der Waals surface area contributed by atoms with Gasteiger partial charge in [0.15, 0.2) is 0 Å². The molecule has 4 heteroatoms. The Morgan fingerprint density at radius 3 is 1.98 bits per heavy atom. The van der Waals surface area contributed by atoms with Gasteiger partial charge in [-0.15, -0.1) is 0 Å². The molecule has 2 radical (unpaired) electrons. The molecule has 3 nitrogen and oxygen atoms in total. The minimum absolute atomic E-state index is 0.939. The lowest BCUT2D eigenvalue weighted by Gasteiger charge is -2.04. The van der Waals surface area contributed by atoms with E-state index in [1.165, 1.54) is 72.5 Å². The lowest BCUT2D eigenvalue weighted by Crippen LogP contribution is -1.89. The van der Waals surface area contributed by atoms with Crippen LogP contribution in [0.1, 0.15) is 43.2 Å². The molecule has 1 N–H and O–H groups in total. The fourth-order valence-electron chi connectivity index (χ4n) is 6.07. The van der Waals surface area contributed by atoms with E-state index in [9.17, 15) is 0 Å². The molecular weight excluding hydrogens is 547 g/mol. The van der Waals surface area contributed by atoms with E-state index in [0.717, 1.165) is 17.8 Å². The van der Waals surface area contributed by atoms with E-state index in [4.69, 9.17) is 4.42 Å². The first-order valence-corrected chi connectivity index (χ1v) is 15.7. The number of hydrogen-bond donors (Lipinski definition) is 1. The van der Waals surface area contributed by atoms with Gasteiger partial charge in [0.25, 0.3) is 0 Å². The standard InChI is InChI=1S/C26H20N2.C12H12O.C2H6.CH3B/c1-28-25-9-5-3-7-20(25)22-16-18(11-13-26(22)28)14-17-10-12-24-21(15-17)19-6-2-4-8-23(19)27-24;1-3-6-11-9(2)10-7-4-5-8-12(10)13-11;2*1-2/h2-13,15-16,27H,14H2,1H3;3-8H,1-2H3;1-2H3;1H3/b;6-3-;;. The molecule has 0 amide bonds. The predicted octanol–water partition coefficient (Wildman–Crippen LogP) is 11.6. The Bertz CT molecular complexity index is 2230. The Labute approximate surface area is 267 Å². The summed E-state index contributed by atoms with van der Waals surface area (Å²) < 4.78 is 7.94. The molecule has 5 aromatic carbocycles. The van der Waals surface area contributed by atoms with E-state index in [0.29, 0.717) is 0 Å². The summed E-state index contributed by atoms with van der Waals surface area (Å²) in [5.41, 5.74) is 9.86. The molecule has 3 heterocycles. The van der Waals surface area contributed by atoms with Gasteiger partial charge in [-0.3, -0.25) is 0 Å². The van der Waals surface area contributed by atoms with Crippen LogP contribution in [0.25, 0.3) is 60.7 Å². The first-order valence-electron chi connectivity index (χ1n) is 15.7. The summed E-state index contributed by atoms with van der Waals surface area (Å²) in [5.74, 6) is 0.962. The van der Waals surface area contributed by atoms with E-state index >= 15 is 0 Å². The summed E-state index contributed by atoms with van der Waals surface area (Å²) in [4.78, 5) is 3.51. The summed E-state index contributed by atoms with van der Waals surface area (Å²) in [6.45, 7) is 9.58. The third-order valence-electron chi connectivity index (χ3n) is 8.16. The molecule has 0 saturated carbocycles. The number of nitrogens with one attached hydrogen (secondary N) is 1. The maximum atomic E-state index is 5.65. The van der Waals surface area contributed by atoms with E-state index < -0.39 is 0 Å². The second-order valence-corrected chi connectivity index (χ2v) is 10.7. The van der Waals surface area contributed by atoms with Crippen LogP contribution in [-0.2, 0) is 13.5 Å². The molecule has 0 atom stereocenters. The molecule has 0 saturated heterocycles. The number of fused-ring (bicyclic) bond motifs is 7. The van der Waals surface area contributed by atoms with Crippen LogP contribution in [-0.4, -0.2) is 17.4 Å². The number of furan rings is 1. The molecule has 0 aliphatic carbocycles. The van der Waals surface area contributed by atoms with Gasteiger partial charge in [0.2, 0.25) is 0 Å². The maximum absolute atomic E-state index is 5.65. The number of allylic oxidation sites excluding steroid dienone is 1. The normalized spacial score (nSPS) is 11.0. The van der Waals surface area contributed by atoms with E-state index in [1.807, 2.05) is 51.1 Å². The van der Waals surface area contributed by atoms with Crippen molar-refractivity contribution in [3.8, 4) is 0 Å². The van der Waals surface area contributed by atoms with Crippen LogP contribution in [0.5, 0.6) is 0 Å². The fourth-order valence-corrected chi connectivity index (χ4v) is 6.07. The lowest BCUT2D eigenvalue weighted by atomic mass is 10.0. The quantitative estimate of drug-likeness (QED) is 0.205. The molecule has 0 spiro atoms. The van der Waals surface area contributed by atoms with Crippen molar-refractivity contribution in [2.75, 3.05) is 0 Å². The number of benzene rings is 5. The monoisotopic (exact) mass is 588 g/mol. The van der Waals surface area contributed by atoms with Crippen molar-refractivity contribution in [2.24, 2.45) is 7.05 Å². The Balaban J connectivity index is 0.000000198. The van der Waals surface area contributed by atoms with Gasteiger partial charge in [0.1, 0.15) is 11.3 Å². The Kier molecular flexibility index (Phi) is 9.94. The third kappa shape index (κ3) is 6.19. The van der Waals surface area contributed by atoms with Gasteiger partial charge in [-0.2, -0.15) is 0 Å². The molecule has 0 aliphatic rings. The summed E-state index contributed by atoms with van der Waals surface area (Å²) in [7, 11) is 6.65. The SMILES string of the molecule is C/C=C\c1oc2ccccc2c1C.CC.Cn1c2ccccc2c2cc(Cc3ccc4[nH]c5ccccc5c4c3)ccc21.[B]C. The van der Waals surface area contributed by atoms with E-state index in [-0.39, 0.29) is 0 Å². The van der Waals surface area contributed by atoms with Gasteiger partial charge in [-0.25, -0.2) is 0 Å². The molecular formula is C41H41BN2O. The highest BCUT2D eigenvalue weighted by molar-refractivity contribution is 6.09. The highest BCUT2D eigenvalue weighted by atomic mass is 16.3. The first kappa shape index (κ1) is 31.5. The van der Waals surface area contributed by atoms with Crippen molar-refractivity contribution >= 4 is 68.5 Å². The van der Waals surface area contributed by atoms with Crippen molar-refractivity contribution in [3.05, 3.63) is 138 Å². The number of aromatic nitrogens is 2. The minimum atomic E-state index is 0.939. The van der Waals surface area contributed by atoms with Crippen LogP contribution in [0.3, 0.4) is 0 Å². The second kappa shape index (κ2) is 14.2. The van der Waals surface area contributed by atoms with Gasteiger partial charge >= 0.3 is 0 Å². The van der Waals surface area contributed by atoms with Crippen molar-refractivity contribution < 1.29 is 4.42 Å². The van der Waals surface area contributed by atoms with Gasteiger partial charge in [-0.05, 0) is 79.9 Å². The van der Waals surface area contributed by atoms with E-state index in [1.54, 1.807) is 0 Å². The Morgan fingerprint density at radius 2 is 1.24 bits per heavy atom. The zero-order valence-corrected chi connectivity index (χ0v) is 27.2. The average molecular weight is 589 g/mol. The Hall–Kier alpha value is -4.96. The smallest absolute Gasteiger partial charge is 0.135 e. The van der Waals surface area contributed by atoms with Gasteiger partial charge < -0.3 is 14.0 Å². The van der Waals surface area contributed by atoms with Crippen LogP contribution in [0.2, 0.25) is 6.82 Å². The summed E-state index contributed by atoms with van der Waals surface area (Å²) in [6, 6.07) is 38.9. The minimum Gasteiger partial charge on any atom is -0.456 e. The molecule has 45 heavy (non-hydrogen) atoms. The average Bonchev–Trinajstić information content (AvgIpc) is 3.72. The number of aromatic amines is 1. The molecule has 0 fully saturated rings. The zero-order chi connectivity index (χ0) is 31.9. The molecule has 224 valence electrons. The molecule has 0 unspecified atom stereocenters. The number of nitrogens with zero attached hydrogens (tertiary/aromatic N) is 1. The van der Waals surface area contributed by atoms with Gasteiger partial charge in [0, 0.05) is 61.6 Å². The third-order valence-corrected chi connectivity index (χ3v) is 8.16. The number of para-hydroxylation sites is 3. The molecule has 3 aromatic heterocycles. The van der Waals surface area contributed by atoms with Gasteiger partial charge in [-0.1, -0.05) is 93.5 Å². The summed E-state index contributed by atoms with van der Waals surface area (Å²) in [5, 5.41) is 6.47. The predicted molar refractivity (Wildman–Crippen MR) is 198 cm³/mol. The Morgan fingerprint density at radius 1 is 0.667 bits per heavy atom. The summed E-state index contributed by atoms with van der Waals surface area (Å²) >= 11 is 0. The summed E-state index contributed by atoms with van der Waals surface area (Å²) in [6.07, 6.45) is 4.93. The second-order valence-electron chi connectivity index (χ2n) is 10.7. The highest BCUT2D eigenvalue weighted by Crippen LogP contribution is 2.31. The number of rotatable bonds is 3.